The topological polar surface area (TPSA) is 68.1 Å². The molecule has 0 unspecified atom stereocenters. The van der Waals surface area contributed by atoms with Crippen molar-refractivity contribution in [3.63, 3.8) is 0 Å². The van der Waals surface area contributed by atoms with Crippen LogP contribution in [0.1, 0.15) is 18.1 Å². The molecule has 2 aromatic rings. The number of aliphatic imine (C=N–C) groups is 1. The quantitative estimate of drug-likeness (QED) is 0.534. The van der Waals surface area contributed by atoms with Gasteiger partial charge in [-0.2, -0.15) is 0 Å². The lowest BCUT2D eigenvalue weighted by atomic mass is 10.2. The first-order valence-electron chi connectivity index (χ1n) is 6.69. The van der Waals surface area contributed by atoms with Crippen molar-refractivity contribution < 1.29 is 19.4 Å². The molecule has 114 valence electrons. The predicted octanol–water partition coefficient (Wildman–Crippen LogP) is 3.39. The Morgan fingerprint density at radius 1 is 1.18 bits per heavy atom. The van der Waals surface area contributed by atoms with E-state index >= 15 is 0 Å². The van der Waals surface area contributed by atoms with Crippen molar-refractivity contribution in [2.75, 3.05) is 7.11 Å². The maximum absolute atomic E-state index is 11.0. The van der Waals surface area contributed by atoms with Crippen LogP contribution in [0, 0.1) is 6.92 Å². The molecule has 0 heterocycles. The fraction of sp³-hybridized carbons (Fsp3) is 0.176. The van der Waals surface area contributed by atoms with E-state index in [1.165, 1.54) is 14.0 Å². The molecule has 0 fully saturated rings. The van der Waals surface area contributed by atoms with Crippen LogP contribution >= 0.6 is 0 Å². The van der Waals surface area contributed by atoms with Crippen LogP contribution in [0.2, 0.25) is 0 Å². The molecule has 1 N–H and O–H groups in total. The lowest BCUT2D eigenvalue weighted by Crippen LogP contribution is -2.03. The van der Waals surface area contributed by atoms with E-state index in [0.717, 1.165) is 11.1 Å². The number of rotatable bonds is 4. The van der Waals surface area contributed by atoms with Gasteiger partial charge in [0.2, 0.25) is 0 Å². The van der Waals surface area contributed by atoms with Crippen molar-refractivity contribution in [1.82, 2.24) is 0 Å². The molecule has 0 atom stereocenters. The van der Waals surface area contributed by atoms with Gasteiger partial charge < -0.3 is 14.6 Å². The van der Waals surface area contributed by atoms with E-state index in [-0.39, 0.29) is 5.75 Å². The molecule has 0 saturated heterocycles. The standard InChI is InChI=1S/C17H17NO4/c1-11-4-6-14(15(20)8-11)18-10-13-5-7-16(22-12(2)19)17(9-13)21-3/h4-10,20H,1-3H3. The average Bonchev–Trinajstić information content (AvgIpc) is 2.47. The van der Waals surface area contributed by atoms with Gasteiger partial charge in [-0.15, -0.1) is 0 Å². The van der Waals surface area contributed by atoms with Gasteiger partial charge in [0, 0.05) is 13.1 Å². The van der Waals surface area contributed by atoms with Crippen LogP contribution in [0.3, 0.4) is 0 Å². The zero-order chi connectivity index (χ0) is 16.1. The molecule has 0 aromatic heterocycles. The van der Waals surface area contributed by atoms with Crippen LogP contribution in [0.25, 0.3) is 0 Å². The van der Waals surface area contributed by atoms with E-state index < -0.39 is 5.97 Å². The average molecular weight is 299 g/mol. The highest BCUT2D eigenvalue weighted by Gasteiger charge is 2.07. The molecule has 2 rings (SSSR count). The summed E-state index contributed by atoms with van der Waals surface area (Å²) in [5.74, 6) is 0.502. The Balaban J connectivity index is 2.26. The minimum atomic E-state index is -0.413. The minimum Gasteiger partial charge on any atom is -0.506 e. The number of esters is 1. The summed E-state index contributed by atoms with van der Waals surface area (Å²) in [6.45, 7) is 3.22. The van der Waals surface area contributed by atoms with Gasteiger partial charge in [-0.3, -0.25) is 9.79 Å². The Hall–Kier alpha value is -2.82. The van der Waals surface area contributed by atoms with Crippen molar-refractivity contribution in [3.05, 3.63) is 47.5 Å². The summed E-state index contributed by atoms with van der Waals surface area (Å²) >= 11 is 0. The number of phenolic OH excluding ortho intramolecular Hbond substituents is 1. The third-order valence-corrected chi connectivity index (χ3v) is 2.92. The molecule has 0 spiro atoms. The summed E-state index contributed by atoms with van der Waals surface area (Å²) in [6.07, 6.45) is 1.60. The molecule has 0 aliphatic heterocycles. The zero-order valence-electron chi connectivity index (χ0n) is 12.7. The van der Waals surface area contributed by atoms with Crippen molar-refractivity contribution in [2.45, 2.75) is 13.8 Å². The van der Waals surface area contributed by atoms with E-state index in [1.807, 2.05) is 13.0 Å². The third kappa shape index (κ3) is 3.85. The van der Waals surface area contributed by atoms with E-state index in [0.29, 0.717) is 17.2 Å². The molecule has 5 heteroatoms. The Kier molecular flexibility index (Phi) is 4.78. The van der Waals surface area contributed by atoms with Crippen LogP contribution in [-0.2, 0) is 4.79 Å². The minimum absolute atomic E-state index is 0.125. The highest BCUT2D eigenvalue weighted by atomic mass is 16.6. The van der Waals surface area contributed by atoms with Crippen molar-refractivity contribution in [3.8, 4) is 17.2 Å². The van der Waals surface area contributed by atoms with Gasteiger partial charge in [-0.25, -0.2) is 0 Å². The predicted molar refractivity (Wildman–Crippen MR) is 84.4 cm³/mol. The Labute approximate surface area is 128 Å². The highest BCUT2D eigenvalue weighted by Crippen LogP contribution is 2.29. The molecule has 2 aromatic carbocycles. The van der Waals surface area contributed by atoms with Gasteiger partial charge in [-0.05, 0) is 48.4 Å². The number of nitrogens with zero attached hydrogens (tertiary/aromatic N) is 1. The number of carbonyl (C=O) groups excluding carboxylic acids is 1. The summed E-state index contributed by atoms with van der Waals surface area (Å²) in [6, 6.07) is 10.3. The van der Waals surface area contributed by atoms with Crippen molar-refractivity contribution in [2.24, 2.45) is 4.99 Å². The second kappa shape index (κ2) is 6.76. The molecule has 0 radical (unpaired) electrons. The van der Waals surface area contributed by atoms with Gasteiger partial charge in [-0.1, -0.05) is 6.07 Å². The monoisotopic (exact) mass is 299 g/mol. The number of benzene rings is 2. The Bertz CT molecular complexity index is 723. The van der Waals surface area contributed by atoms with E-state index in [9.17, 15) is 9.90 Å². The van der Waals surface area contributed by atoms with Gasteiger partial charge in [0.25, 0.3) is 0 Å². The van der Waals surface area contributed by atoms with Crippen LogP contribution in [0.15, 0.2) is 41.4 Å². The molecular weight excluding hydrogens is 282 g/mol. The number of aromatic hydroxyl groups is 1. The first kappa shape index (κ1) is 15.6. The van der Waals surface area contributed by atoms with Crippen molar-refractivity contribution >= 4 is 17.9 Å². The fourth-order valence-electron chi connectivity index (χ4n) is 1.89. The number of methoxy groups -OCH3 is 1. The molecule has 22 heavy (non-hydrogen) atoms. The molecule has 0 aliphatic rings. The Morgan fingerprint density at radius 3 is 2.59 bits per heavy atom. The van der Waals surface area contributed by atoms with E-state index in [4.69, 9.17) is 9.47 Å². The smallest absolute Gasteiger partial charge is 0.308 e. The largest absolute Gasteiger partial charge is 0.506 e. The molecule has 5 nitrogen and oxygen atoms in total. The van der Waals surface area contributed by atoms with Crippen LogP contribution < -0.4 is 9.47 Å². The van der Waals surface area contributed by atoms with Gasteiger partial charge in [0.1, 0.15) is 11.4 Å². The molecule has 0 aliphatic carbocycles. The first-order chi connectivity index (χ1) is 10.5. The summed E-state index contributed by atoms with van der Waals surface area (Å²) in [5.41, 5.74) is 2.20. The molecule has 0 amide bonds. The van der Waals surface area contributed by atoms with Crippen LogP contribution in [0.4, 0.5) is 5.69 Å². The maximum atomic E-state index is 11.0. The third-order valence-electron chi connectivity index (χ3n) is 2.92. The number of hydrogen-bond donors (Lipinski definition) is 1. The number of aryl methyl sites for hydroxylation is 1. The van der Waals surface area contributed by atoms with E-state index in [2.05, 4.69) is 4.99 Å². The zero-order valence-corrected chi connectivity index (χ0v) is 12.7. The fourth-order valence-corrected chi connectivity index (χ4v) is 1.89. The number of ether oxygens (including phenoxy) is 2. The van der Waals surface area contributed by atoms with Gasteiger partial charge in [0.05, 0.1) is 7.11 Å². The lowest BCUT2D eigenvalue weighted by molar-refractivity contribution is -0.132. The first-order valence-corrected chi connectivity index (χ1v) is 6.69. The number of phenols is 1. The highest BCUT2D eigenvalue weighted by molar-refractivity contribution is 5.84. The normalized spacial score (nSPS) is 10.7. The molecule has 0 bridgehead atoms. The SMILES string of the molecule is COc1cc(C=Nc2ccc(C)cc2O)ccc1OC(C)=O. The summed E-state index contributed by atoms with van der Waals surface area (Å²) in [4.78, 5) is 15.3. The second-order valence-electron chi connectivity index (χ2n) is 4.75. The summed E-state index contributed by atoms with van der Waals surface area (Å²) < 4.78 is 10.2. The lowest BCUT2D eigenvalue weighted by Gasteiger charge is -2.08. The second-order valence-corrected chi connectivity index (χ2v) is 4.75. The van der Waals surface area contributed by atoms with Crippen LogP contribution in [0.5, 0.6) is 17.2 Å². The summed E-state index contributed by atoms with van der Waals surface area (Å²) in [7, 11) is 1.50. The summed E-state index contributed by atoms with van der Waals surface area (Å²) in [5, 5.41) is 9.82. The molecular formula is C17H17NO4. The van der Waals surface area contributed by atoms with Crippen LogP contribution in [-0.4, -0.2) is 24.4 Å². The van der Waals surface area contributed by atoms with E-state index in [1.54, 1.807) is 36.5 Å². The Morgan fingerprint density at radius 2 is 1.95 bits per heavy atom. The number of hydrogen-bond acceptors (Lipinski definition) is 5. The molecule has 0 saturated carbocycles. The van der Waals surface area contributed by atoms with Gasteiger partial charge >= 0.3 is 5.97 Å². The number of carbonyl (C=O) groups is 1. The van der Waals surface area contributed by atoms with Crippen molar-refractivity contribution in [1.29, 1.82) is 0 Å². The van der Waals surface area contributed by atoms with Gasteiger partial charge in [0.15, 0.2) is 11.5 Å². The maximum Gasteiger partial charge on any atom is 0.308 e.